The molecular weight excluding hydrogens is 479 g/mol. The van der Waals surface area contributed by atoms with Gasteiger partial charge in [-0.2, -0.15) is 0 Å². The molecule has 1 saturated heterocycles. The normalized spacial score (nSPS) is 18.7. The minimum atomic E-state index is -0.726. The summed E-state index contributed by atoms with van der Waals surface area (Å²) in [5.74, 6) is 0.681. The molecule has 0 bridgehead atoms. The van der Waals surface area contributed by atoms with Crippen LogP contribution in [0.5, 0.6) is 11.5 Å². The third-order valence-corrected chi connectivity index (χ3v) is 7.24. The zero-order chi connectivity index (χ0) is 23.7. The number of hydrogen-bond donors (Lipinski definition) is 1. The number of thioether (sulfide) groups is 1. The van der Waals surface area contributed by atoms with E-state index in [-0.39, 0.29) is 25.2 Å². The molecule has 9 heteroatoms. The fourth-order valence-electron chi connectivity index (χ4n) is 3.97. The van der Waals surface area contributed by atoms with Crippen molar-refractivity contribution in [3.8, 4) is 11.5 Å². The maximum atomic E-state index is 13.9. The summed E-state index contributed by atoms with van der Waals surface area (Å²) in [7, 11) is 0. The van der Waals surface area contributed by atoms with Gasteiger partial charge in [0.1, 0.15) is 17.2 Å². The van der Waals surface area contributed by atoms with Crippen LogP contribution in [0.25, 0.3) is 0 Å². The van der Waals surface area contributed by atoms with Crippen molar-refractivity contribution in [1.82, 2.24) is 10.2 Å². The van der Waals surface area contributed by atoms with Crippen LogP contribution in [0.2, 0.25) is 5.02 Å². The van der Waals surface area contributed by atoms with E-state index in [1.807, 2.05) is 12.1 Å². The zero-order valence-electron chi connectivity index (χ0n) is 17.9. The molecule has 1 fully saturated rings. The first-order chi connectivity index (χ1) is 16.5. The molecule has 3 aromatic carbocycles. The van der Waals surface area contributed by atoms with E-state index in [1.165, 1.54) is 28.8 Å². The van der Waals surface area contributed by atoms with Crippen molar-refractivity contribution in [3.63, 3.8) is 0 Å². The van der Waals surface area contributed by atoms with Gasteiger partial charge in [0.15, 0.2) is 11.5 Å². The number of nitrogens with zero attached hydrogens (tertiary/aromatic N) is 1. The smallest absolute Gasteiger partial charge is 0.255 e. The quantitative estimate of drug-likeness (QED) is 0.548. The molecule has 2 amide bonds. The molecule has 2 aliphatic heterocycles. The van der Waals surface area contributed by atoms with Gasteiger partial charge in [0, 0.05) is 22.9 Å². The fraction of sp³-hybridized carbons (Fsp3) is 0.200. The molecule has 0 spiro atoms. The number of nitrogens with one attached hydrogen (secondary N) is 1. The van der Waals surface area contributed by atoms with Gasteiger partial charge in [0.05, 0.1) is 0 Å². The predicted octanol–water partition coefficient (Wildman–Crippen LogP) is 4.78. The van der Waals surface area contributed by atoms with Crippen LogP contribution in [0.4, 0.5) is 4.39 Å². The highest BCUT2D eigenvalue weighted by molar-refractivity contribution is 7.99. The lowest BCUT2D eigenvalue weighted by Gasteiger charge is -2.29. The number of hydrogen-bond acceptors (Lipinski definition) is 5. The van der Waals surface area contributed by atoms with Crippen LogP contribution in [0.1, 0.15) is 26.9 Å². The van der Waals surface area contributed by atoms with E-state index in [4.69, 9.17) is 21.1 Å². The van der Waals surface area contributed by atoms with Crippen LogP contribution in [0.15, 0.2) is 66.7 Å². The summed E-state index contributed by atoms with van der Waals surface area (Å²) >= 11 is 7.41. The van der Waals surface area contributed by atoms with Gasteiger partial charge >= 0.3 is 0 Å². The van der Waals surface area contributed by atoms with Crippen molar-refractivity contribution in [2.24, 2.45) is 0 Å². The second-order valence-corrected chi connectivity index (χ2v) is 9.43. The highest BCUT2D eigenvalue weighted by Gasteiger charge is 2.42. The van der Waals surface area contributed by atoms with Crippen LogP contribution < -0.4 is 14.8 Å². The van der Waals surface area contributed by atoms with Gasteiger partial charge in [0.25, 0.3) is 5.91 Å². The maximum absolute atomic E-state index is 13.9. The Hall–Kier alpha value is -3.23. The lowest BCUT2D eigenvalue weighted by molar-refractivity contribution is -0.125. The van der Waals surface area contributed by atoms with Crippen LogP contribution in [0, 0.1) is 5.82 Å². The highest BCUT2D eigenvalue weighted by atomic mass is 35.5. The molecular formula is C25H20ClFN2O4S. The molecule has 0 saturated carbocycles. The molecule has 0 radical (unpaired) electrons. The van der Waals surface area contributed by atoms with Crippen molar-refractivity contribution in [2.45, 2.75) is 18.0 Å². The summed E-state index contributed by atoms with van der Waals surface area (Å²) in [5.41, 5.74) is 1.88. The van der Waals surface area contributed by atoms with E-state index in [2.05, 4.69) is 5.32 Å². The highest BCUT2D eigenvalue weighted by Crippen LogP contribution is 2.42. The van der Waals surface area contributed by atoms with E-state index in [0.717, 1.165) is 5.56 Å². The van der Waals surface area contributed by atoms with Crippen molar-refractivity contribution in [1.29, 1.82) is 0 Å². The third-order valence-electron chi connectivity index (χ3n) is 5.67. The van der Waals surface area contributed by atoms with Gasteiger partial charge in [-0.1, -0.05) is 29.8 Å². The second kappa shape index (κ2) is 9.56. The summed E-state index contributed by atoms with van der Waals surface area (Å²) in [4.78, 5) is 28.3. The third kappa shape index (κ3) is 4.56. The topological polar surface area (TPSA) is 67.9 Å². The van der Waals surface area contributed by atoms with Crippen LogP contribution >= 0.6 is 23.4 Å². The zero-order valence-corrected chi connectivity index (χ0v) is 19.4. The molecule has 1 N–H and O–H groups in total. The second-order valence-electron chi connectivity index (χ2n) is 7.88. The predicted molar refractivity (Wildman–Crippen MR) is 127 cm³/mol. The van der Waals surface area contributed by atoms with E-state index >= 15 is 0 Å². The molecule has 174 valence electrons. The van der Waals surface area contributed by atoms with Gasteiger partial charge in [-0.05, 0) is 59.7 Å². The molecule has 2 heterocycles. The van der Waals surface area contributed by atoms with Crippen molar-refractivity contribution >= 4 is 35.2 Å². The monoisotopic (exact) mass is 498 g/mol. The molecule has 6 nitrogen and oxygen atoms in total. The number of rotatable bonds is 5. The van der Waals surface area contributed by atoms with Crippen molar-refractivity contribution < 1.29 is 23.5 Å². The van der Waals surface area contributed by atoms with E-state index in [9.17, 15) is 14.0 Å². The average molecular weight is 499 g/mol. The van der Waals surface area contributed by atoms with Gasteiger partial charge in [-0.15, -0.1) is 11.8 Å². The van der Waals surface area contributed by atoms with Crippen LogP contribution in [0.3, 0.4) is 0 Å². The Kier molecular flexibility index (Phi) is 6.34. The van der Waals surface area contributed by atoms with Gasteiger partial charge < -0.3 is 19.7 Å². The first kappa shape index (κ1) is 22.6. The standard InChI is InChI=1S/C25H20ClFN2O4S/c26-18-7-5-16(6-8-18)24(31)29-20(13-34-25(29)17-2-1-3-19(27)11-17)23(30)28-12-15-4-9-21-22(10-15)33-14-32-21/h1-11,20,25H,12-14H2,(H,28,30). The number of ether oxygens (including phenoxy) is 2. The maximum Gasteiger partial charge on any atom is 0.255 e. The Bertz CT molecular complexity index is 1240. The lowest BCUT2D eigenvalue weighted by atomic mass is 10.1. The molecule has 3 aromatic rings. The summed E-state index contributed by atoms with van der Waals surface area (Å²) in [5, 5.41) is 2.93. The number of halogens is 2. The van der Waals surface area contributed by atoms with Gasteiger partial charge in [-0.25, -0.2) is 4.39 Å². The lowest BCUT2D eigenvalue weighted by Crippen LogP contribution is -2.47. The number of fused-ring (bicyclic) bond motifs is 1. The number of carbonyl (C=O) groups is 2. The minimum Gasteiger partial charge on any atom is -0.454 e. The first-order valence-corrected chi connectivity index (χ1v) is 12.0. The number of benzene rings is 3. The van der Waals surface area contributed by atoms with E-state index in [0.29, 0.717) is 33.4 Å². The number of carbonyl (C=O) groups excluding carboxylic acids is 2. The average Bonchev–Trinajstić information content (AvgIpc) is 3.49. The molecule has 2 atom stereocenters. The van der Waals surface area contributed by atoms with Crippen molar-refractivity contribution in [3.05, 3.63) is 94.3 Å². The molecule has 0 aliphatic carbocycles. The molecule has 5 rings (SSSR count). The van der Waals surface area contributed by atoms with Gasteiger partial charge in [0.2, 0.25) is 12.7 Å². The SMILES string of the molecule is O=C(NCc1ccc2c(c1)OCO2)C1CSC(c2cccc(F)c2)N1C(=O)c1ccc(Cl)cc1. The summed E-state index contributed by atoms with van der Waals surface area (Å²) in [6, 6.07) is 17.3. The van der Waals surface area contributed by atoms with Crippen molar-refractivity contribution in [2.75, 3.05) is 12.5 Å². The minimum absolute atomic E-state index is 0.174. The van der Waals surface area contributed by atoms with Gasteiger partial charge in [-0.3, -0.25) is 9.59 Å². The molecule has 2 unspecified atom stereocenters. The summed E-state index contributed by atoms with van der Waals surface area (Å²) in [6.45, 7) is 0.442. The fourth-order valence-corrected chi connectivity index (χ4v) is 5.52. The Labute approximate surface area is 205 Å². The van der Waals surface area contributed by atoms with Crippen LogP contribution in [-0.2, 0) is 11.3 Å². The summed E-state index contributed by atoms with van der Waals surface area (Å²) in [6.07, 6.45) is 0. The molecule has 34 heavy (non-hydrogen) atoms. The Morgan fingerprint density at radius 1 is 1.06 bits per heavy atom. The summed E-state index contributed by atoms with van der Waals surface area (Å²) < 4.78 is 24.7. The Balaban J connectivity index is 1.38. The van der Waals surface area contributed by atoms with Crippen LogP contribution in [-0.4, -0.2) is 35.3 Å². The first-order valence-electron chi connectivity index (χ1n) is 10.6. The van der Waals surface area contributed by atoms with E-state index < -0.39 is 17.2 Å². The Morgan fingerprint density at radius 3 is 2.65 bits per heavy atom. The number of amides is 2. The van der Waals surface area contributed by atoms with E-state index in [1.54, 1.807) is 42.5 Å². The largest absolute Gasteiger partial charge is 0.454 e. The molecule has 2 aliphatic rings. The Morgan fingerprint density at radius 2 is 1.85 bits per heavy atom. The molecule has 0 aromatic heterocycles.